The fraction of sp³-hybridized carbons (Fsp3) is 0.727. The molecule has 2 aromatic rings. The van der Waals surface area contributed by atoms with Crippen LogP contribution in [0, 0.1) is 11.3 Å². The summed E-state index contributed by atoms with van der Waals surface area (Å²) in [6, 6.07) is 6.88. The van der Waals surface area contributed by atoms with Crippen molar-refractivity contribution >= 4 is 11.0 Å². The summed E-state index contributed by atoms with van der Waals surface area (Å²) >= 11 is 0. The highest BCUT2D eigenvalue weighted by molar-refractivity contribution is 5.76. The Morgan fingerprint density at radius 3 is 2.93 bits per heavy atom. The van der Waals surface area contributed by atoms with Gasteiger partial charge in [0.2, 0.25) is 0 Å². The summed E-state index contributed by atoms with van der Waals surface area (Å²) in [7, 11) is 1.86. The predicted molar refractivity (Wildman–Crippen MR) is 110 cm³/mol. The normalized spacial score (nSPS) is 31.8. The van der Waals surface area contributed by atoms with Crippen molar-refractivity contribution in [2.75, 3.05) is 53.1 Å². The molecule has 1 aromatic heterocycles. The maximum Gasteiger partial charge on any atom is 0.139 e. The Balaban J connectivity index is 1.30. The molecule has 158 valence electrons. The minimum atomic E-state index is 0.270. The smallest absolute Gasteiger partial charge is 0.139 e. The molecule has 1 aromatic carbocycles. The van der Waals surface area contributed by atoms with Gasteiger partial charge in [0, 0.05) is 44.7 Å². The number of hydrogen-bond donors (Lipinski definition) is 0. The lowest BCUT2D eigenvalue weighted by atomic mass is 9.61. The molecular formula is C22H32N4O3. The van der Waals surface area contributed by atoms with Gasteiger partial charge in [0.1, 0.15) is 11.0 Å². The molecule has 29 heavy (non-hydrogen) atoms. The largest absolute Gasteiger partial charge is 0.384 e. The number of morpholine rings is 1. The van der Waals surface area contributed by atoms with E-state index in [4.69, 9.17) is 14.1 Å². The SMILES string of the molecule is COCC12CCC(N3CCOCC3)CC1CCN(Cc1cccc3nonc13)C2. The molecule has 1 aliphatic carbocycles. The molecule has 1 saturated carbocycles. The summed E-state index contributed by atoms with van der Waals surface area (Å²) in [5.41, 5.74) is 3.21. The van der Waals surface area contributed by atoms with Crippen LogP contribution in [0.1, 0.15) is 31.2 Å². The van der Waals surface area contributed by atoms with Crippen molar-refractivity contribution in [1.82, 2.24) is 20.1 Å². The van der Waals surface area contributed by atoms with Crippen LogP contribution in [0.15, 0.2) is 22.8 Å². The van der Waals surface area contributed by atoms with Crippen molar-refractivity contribution in [3.05, 3.63) is 23.8 Å². The van der Waals surface area contributed by atoms with Crippen LogP contribution in [0.5, 0.6) is 0 Å². The van der Waals surface area contributed by atoms with E-state index < -0.39 is 0 Å². The van der Waals surface area contributed by atoms with E-state index in [-0.39, 0.29) is 5.41 Å². The number of aromatic nitrogens is 2. The number of benzene rings is 1. The number of rotatable bonds is 5. The van der Waals surface area contributed by atoms with Crippen LogP contribution in [-0.2, 0) is 16.0 Å². The van der Waals surface area contributed by atoms with Gasteiger partial charge in [0.25, 0.3) is 0 Å². The van der Waals surface area contributed by atoms with Crippen molar-refractivity contribution in [3.8, 4) is 0 Å². The lowest BCUT2D eigenvalue weighted by molar-refractivity contribution is -0.0870. The summed E-state index contributed by atoms with van der Waals surface area (Å²) in [6.45, 7) is 7.96. The number of nitrogens with zero attached hydrogens (tertiary/aromatic N) is 4. The quantitative estimate of drug-likeness (QED) is 0.764. The van der Waals surface area contributed by atoms with Crippen molar-refractivity contribution < 1.29 is 14.1 Å². The number of piperidine rings is 1. The standard InChI is InChI=1S/C22H32N4O3/c1-27-16-22-7-5-19(26-9-11-28-12-10-26)13-18(22)6-8-25(15-22)14-17-3-2-4-20-21(17)24-29-23-20/h2-4,18-19H,5-16H2,1H3. The van der Waals surface area contributed by atoms with Crippen LogP contribution < -0.4 is 0 Å². The van der Waals surface area contributed by atoms with Crippen molar-refractivity contribution in [1.29, 1.82) is 0 Å². The second kappa shape index (κ2) is 8.30. The van der Waals surface area contributed by atoms with E-state index >= 15 is 0 Å². The minimum Gasteiger partial charge on any atom is -0.384 e. The zero-order chi connectivity index (χ0) is 19.7. The van der Waals surface area contributed by atoms with E-state index in [2.05, 4.69) is 26.2 Å². The maximum atomic E-state index is 5.78. The first-order chi connectivity index (χ1) is 14.3. The molecular weight excluding hydrogens is 368 g/mol. The van der Waals surface area contributed by atoms with Gasteiger partial charge in [-0.2, -0.15) is 0 Å². The second-order valence-corrected chi connectivity index (χ2v) is 9.12. The highest BCUT2D eigenvalue weighted by Crippen LogP contribution is 2.48. The summed E-state index contributed by atoms with van der Waals surface area (Å²) in [5.74, 6) is 0.741. The van der Waals surface area contributed by atoms with Crippen LogP contribution in [0.2, 0.25) is 0 Å². The van der Waals surface area contributed by atoms with Gasteiger partial charge in [0.15, 0.2) is 0 Å². The van der Waals surface area contributed by atoms with Crippen LogP contribution in [0.25, 0.3) is 11.0 Å². The van der Waals surface area contributed by atoms with Gasteiger partial charge in [-0.05, 0) is 60.1 Å². The van der Waals surface area contributed by atoms with E-state index in [1.54, 1.807) is 0 Å². The molecule has 0 spiro atoms. The zero-order valence-electron chi connectivity index (χ0n) is 17.4. The van der Waals surface area contributed by atoms with Gasteiger partial charge < -0.3 is 9.47 Å². The summed E-state index contributed by atoms with van der Waals surface area (Å²) in [5, 5.41) is 8.12. The van der Waals surface area contributed by atoms with Crippen LogP contribution >= 0.6 is 0 Å². The Morgan fingerprint density at radius 1 is 1.17 bits per heavy atom. The molecule has 0 N–H and O–H groups in total. The first kappa shape index (κ1) is 19.4. The molecule has 0 radical (unpaired) electrons. The average molecular weight is 401 g/mol. The lowest BCUT2D eigenvalue weighted by Crippen LogP contribution is -2.56. The van der Waals surface area contributed by atoms with E-state index in [0.29, 0.717) is 0 Å². The highest BCUT2D eigenvalue weighted by atomic mass is 16.6. The average Bonchev–Trinajstić information content (AvgIpc) is 3.24. The molecule has 3 fully saturated rings. The molecule has 7 nitrogen and oxygen atoms in total. The lowest BCUT2D eigenvalue weighted by Gasteiger charge is -2.54. The van der Waals surface area contributed by atoms with Gasteiger partial charge in [-0.1, -0.05) is 12.1 Å². The Hall–Kier alpha value is -1.54. The minimum absolute atomic E-state index is 0.270. The third-order valence-electron chi connectivity index (χ3n) is 7.49. The zero-order valence-corrected chi connectivity index (χ0v) is 17.4. The molecule has 2 saturated heterocycles. The van der Waals surface area contributed by atoms with E-state index in [1.165, 1.54) is 31.2 Å². The van der Waals surface area contributed by atoms with Crippen molar-refractivity contribution in [3.63, 3.8) is 0 Å². The predicted octanol–water partition coefficient (Wildman–Crippen LogP) is 2.56. The summed E-state index contributed by atoms with van der Waals surface area (Å²) in [6.07, 6.45) is 5.08. The Kier molecular flexibility index (Phi) is 5.56. The Labute approximate surface area is 172 Å². The topological polar surface area (TPSA) is 63.9 Å². The van der Waals surface area contributed by atoms with Gasteiger partial charge in [-0.3, -0.25) is 9.80 Å². The third kappa shape index (κ3) is 3.81. The number of ether oxygens (including phenoxy) is 2. The van der Waals surface area contributed by atoms with Crippen LogP contribution in [0.4, 0.5) is 0 Å². The summed E-state index contributed by atoms with van der Waals surface area (Å²) < 4.78 is 16.3. The van der Waals surface area contributed by atoms with E-state index in [1.807, 2.05) is 19.2 Å². The van der Waals surface area contributed by atoms with Crippen LogP contribution in [0.3, 0.4) is 0 Å². The van der Waals surface area contributed by atoms with Gasteiger partial charge >= 0.3 is 0 Å². The van der Waals surface area contributed by atoms with E-state index in [0.717, 1.165) is 75.5 Å². The monoisotopic (exact) mass is 400 g/mol. The van der Waals surface area contributed by atoms with Gasteiger partial charge in [-0.25, -0.2) is 4.63 Å². The van der Waals surface area contributed by atoms with Crippen molar-refractivity contribution in [2.24, 2.45) is 11.3 Å². The first-order valence-corrected chi connectivity index (χ1v) is 11.0. The number of fused-ring (bicyclic) bond motifs is 2. The molecule has 7 heteroatoms. The Morgan fingerprint density at radius 2 is 2.07 bits per heavy atom. The molecule has 3 atom stereocenters. The third-order valence-corrected chi connectivity index (χ3v) is 7.49. The first-order valence-electron chi connectivity index (χ1n) is 11.0. The number of likely N-dealkylation sites (tertiary alicyclic amines) is 1. The van der Waals surface area contributed by atoms with Gasteiger partial charge in [0.05, 0.1) is 19.8 Å². The molecule has 2 aliphatic heterocycles. The fourth-order valence-corrected chi connectivity index (χ4v) is 6.01. The molecule has 3 unspecified atom stereocenters. The molecule has 3 heterocycles. The molecule has 0 bridgehead atoms. The highest BCUT2D eigenvalue weighted by Gasteiger charge is 2.47. The fourth-order valence-electron chi connectivity index (χ4n) is 6.01. The molecule has 0 amide bonds. The Bertz CT molecular complexity index is 821. The molecule has 5 rings (SSSR count). The number of methoxy groups -OCH3 is 1. The summed E-state index contributed by atoms with van der Waals surface area (Å²) in [4.78, 5) is 5.26. The second-order valence-electron chi connectivity index (χ2n) is 9.12. The maximum absolute atomic E-state index is 5.78. The molecule has 3 aliphatic rings. The van der Waals surface area contributed by atoms with E-state index in [9.17, 15) is 0 Å². The number of hydrogen-bond acceptors (Lipinski definition) is 7. The van der Waals surface area contributed by atoms with Crippen molar-refractivity contribution in [2.45, 2.75) is 38.3 Å². The van der Waals surface area contributed by atoms with Gasteiger partial charge in [-0.15, -0.1) is 0 Å². The van der Waals surface area contributed by atoms with Crippen LogP contribution in [-0.4, -0.2) is 79.3 Å².